The first-order valence-corrected chi connectivity index (χ1v) is 2.82. The quantitative estimate of drug-likeness (QED) is 0.576. The van der Waals surface area contributed by atoms with E-state index in [1.165, 1.54) is 0 Å². The Morgan fingerprint density at radius 1 is 1.11 bits per heavy atom. The Morgan fingerprint density at radius 3 is 2.00 bits per heavy atom. The average molecular weight is 163 g/mol. The topological polar surface area (TPSA) is 9.23 Å². The second-order valence-electron chi connectivity index (χ2n) is 1.43. The van der Waals surface area contributed by atoms with Crippen LogP contribution in [0.15, 0.2) is 30.3 Å². The molecule has 0 heterocycles. The molecule has 0 bridgehead atoms. The van der Waals surface area contributed by atoms with E-state index in [1.54, 1.807) is 0 Å². The summed E-state index contributed by atoms with van der Waals surface area (Å²) in [6.07, 6.45) is 0. The van der Waals surface area contributed by atoms with E-state index >= 15 is 0 Å². The lowest BCUT2D eigenvalue weighted by Crippen LogP contribution is -1.68. The summed E-state index contributed by atoms with van der Waals surface area (Å²) in [6, 6.07) is 9.60. The molecular formula is C6H8ClOP. The Balaban J connectivity index is 0.000000640. The molecule has 1 nitrogen and oxygen atoms in total. The van der Waals surface area contributed by atoms with Gasteiger partial charge in [0.25, 0.3) is 0 Å². The van der Waals surface area contributed by atoms with E-state index in [1.807, 2.05) is 30.3 Å². The number of hydrogen-bond donors (Lipinski definition) is 0. The van der Waals surface area contributed by atoms with E-state index < -0.39 is 0 Å². The third-order valence-electron chi connectivity index (χ3n) is 0.879. The minimum absolute atomic E-state index is 0. The van der Waals surface area contributed by atoms with Gasteiger partial charge in [0.05, 0.1) is 9.47 Å². The summed E-state index contributed by atoms with van der Waals surface area (Å²) >= 11 is 0. The smallest absolute Gasteiger partial charge is 0.122 e. The van der Waals surface area contributed by atoms with Gasteiger partial charge < -0.3 is 4.52 Å². The van der Waals surface area contributed by atoms with Crippen LogP contribution < -0.4 is 4.52 Å². The van der Waals surface area contributed by atoms with E-state index in [9.17, 15) is 0 Å². The summed E-state index contributed by atoms with van der Waals surface area (Å²) in [5.41, 5.74) is 0. The highest BCUT2D eigenvalue weighted by Crippen LogP contribution is 2.09. The Kier molecular flexibility index (Phi) is 4.47. The largest absolute Gasteiger partial charge is 0.480 e. The standard InChI is InChI=1S/C6H7OP.ClH/c8-7-6-4-2-1-3-5-6;/h1-5H,8H2;1H. The summed E-state index contributed by atoms with van der Waals surface area (Å²) in [5.74, 6) is 0.873. The Bertz CT molecular complexity index is 154. The minimum Gasteiger partial charge on any atom is -0.480 e. The van der Waals surface area contributed by atoms with E-state index in [0.717, 1.165) is 5.75 Å². The van der Waals surface area contributed by atoms with Crippen LogP contribution in [-0.4, -0.2) is 0 Å². The van der Waals surface area contributed by atoms with Crippen LogP contribution in [0.25, 0.3) is 0 Å². The van der Waals surface area contributed by atoms with Gasteiger partial charge in [-0.05, 0) is 12.1 Å². The predicted molar refractivity (Wildman–Crippen MR) is 44.0 cm³/mol. The van der Waals surface area contributed by atoms with Crippen LogP contribution in [-0.2, 0) is 0 Å². The molecule has 3 heteroatoms. The Labute approximate surface area is 63.1 Å². The van der Waals surface area contributed by atoms with Gasteiger partial charge in [-0.2, -0.15) is 0 Å². The molecule has 50 valence electrons. The molecule has 0 N–H and O–H groups in total. The summed E-state index contributed by atoms with van der Waals surface area (Å²) in [4.78, 5) is 0. The zero-order valence-corrected chi connectivity index (χ0v) is 6.75. The number of hydrogen-bond acceptors (Lipinski definition) is 1. The SMILES string of the molecule is Cl.POc1ccccc1. The normalized spacial score (nSPS) is 7.67. The van der Waals surface area contributed by atoms with Crippen molar-refractivity contribution in [1.82, 2.24) is 0 Å². The maximum atomic E-state index is 4.83. The summed E-state index contributed by atoms with van der Waals surface area (Å²) in [7, 11) is 2.19. The lowest BCUT2D eigenvalue weighted by atomic mass is 10.3. The van der Waals surface area contributed by atoms with Crippen LogP contribution in [0.1, 0.15) is 0 Å². The second-order valence-corrected chi connectivity index (χ2v) is 1.67. The number of para-hydroxylation sites is 1. The second kappa shape index (κ2) is 4.60. The molecule has 1 rings (SSSR count). The van der Waals surface area contributed by atoms with Crippen molar-refractivity contribution in [2.45, 2.75) is 0 Å². The van der Waals surface area contributed by atoms with Gasteiger partial charge in [0, 0.05) is 0 Å². The molecule has 0 aliphatic carbocycles. The molecule has 0 fully saturated rings. The average Bonchev–Trinajstić information content (AvgIpc) is 1.90. The van der Waals surface area contributed by atoms with Gasteiger partial charge in [-0.15, -0.1) is 12.4 Å². The molecule has 1 aromatic rings. The molecule has 0 radical (unpaired) electrons. The monoisotopic (exact) mass is 162 g/mol. The molecule has 1 atom stereocenters. The maximum absolute atomic E-state index is 4.83. The lowest BCUT2D eigenvalue weighted by molar-refractivity contribution is 0.646. The Morgan fingerprint density at radius 2 is 1.67 bits per heavy atom. The molecule has 0 saturated heterocycles. The lowest BCUT2D eigenvalue weighted by Gasteiger charge is -1.93. The predicted octanol–water partition coefficient (Wildman–Crippen LogP) is 2.28. The van der Waals surface area contributed by atoms with Crippen LogP contribution in [0, 0.1) is 0 Å². The summed E-state index contributed by atoms with van der Waals surface area (Å²) in [6.45, 7) is 0. The van der Waals surface area contributed by atoms with Crippen molar-refractivity contribution in [3.05, 3.63) is 30.3 Å². The third-order valence-corrected chi connectivity index (χ3v) is 1.15. The van der Waals surface area contributed by atoms with Crippen LogP contribution >= 0.6 is 21.9 Å². The summed E-state index contributed by atoms with van der Waals surface area (Å²) in [5, 5.41) is 0. The first-order valence-electron chi connectivity index (χ1n) is 2.35. The van der Waals surface area contributed by atoms with Gasteiger partial charge in [-0.25, -0.2) is 0 Å². The molecule has 1 aromatic carbocycles. The van der Waals surface area contributed by atoms with Gasteiger partial charge in [-0.3, -0.25) is 0 Å². The van der Waals surface area contributed by atoms with Crippen LogP contribution in [0.4, 0.5) is 0 Å². The van der Waals surface area contributed by atoms with Crippen molar-refractivity contribution in [1.29, 1.82) is 0 Å². The van der Waals surface area contributed by atoms with Crippen molar-refractivity contribution in [3.63, 3.8) is 0 Å². The van der Waals surface area contributed by atoms with Gasteiger partial charge in [0.1, 0.15) is 5.75 Å². The first kappa shape index (κ1) is 8.74. The molecule has 0 aliphatic heterocycles. The minimum atomic E-state index is 0. The zero-order chi connectivity index (χ0) is 5.82. The third kappa shape index (κ3) is 2.69. The van der Waals surface area contributed by atoms with Crippen LogP contribution in [0.2, 0.25) is 0 Å². The first-order chi connectivity index (χ1) is 3.93. The van der Waals surface area contributed by atoms with Crippen LogP contribution in [0.5, 0.6) is 5.75 Å². The van der Waals surface area contributed by atoms with Gasteiger partial charge >= 0.3 is 0 Å². The number of rotatable bonds is 1. The number of halogens is 1. The number of benzene rings is 1. The van der Waals surface area contributed by atoms with E-state index in [2.05, 4.69) is 9.47 Å². The van der Waals surface area contributed by atoms with Crippen LogP contribution in [0.3, 0.4) is 0 Å². The fourth-order valence-corrected chi connectivity index (χ4v) is 0.656. The van der Waals surface area contributed by atoms with E-state index in [0.29, 0.717) is 0 Å². The Hall–Kier alpha value is -0.260. The maximum Gasteiger partial charge on any atom is 0.122 e. The molecular weight excluding hydrogens is 154 g/mol. The van der Waals surface area contributed by atoms with Crippen molar-refractivity contribution < 1.29 is 4.52 Å². The molecule has 0 saturated carbocycles. The fraction of sp³-hybridized carbons (Fsp3) is 0. The van der Waals surface area contributed by atoms with Crippen molar-refractivity contribution >= 4 is 21.9 Å². The van der Waals surface area contributed by atoms with Gasteiger partial charge in [0.15, 0.2) is 0 Å². The molecule has 9 heavy (non-hydrogen) atoms. The zero-order valence-electron chi connectivity index (χ0n) is 4.78. The molecule has 0 amide bonds. The van der Waals surface area contributed by atoms with Gasteiger partial charge in [0.2, 0.25) is 0 Å². The van der Waals surface area contributed by atoms with Gasteiger partial charge in [-0.1, -0.05) is 18.2 Å². The van der Waals surface area contributed by atoms with E-state index in [-0.39, 0.29) is 12.4 Å². The molecule has 0 aromatic heterocycles. The molecule has 0 spiro atoms. The molecule has 1 unspecified atom stereocenters. The highest BCUT2D eigenvalue weighted by atomic mass is 35.5. The fourth-order valence-electron chi connectivity index (χ4n) is 0.499. The highest BCUT2D eigenvalue weighted by Gasteiger charge is 1.80. The van der Waals surface area contributed by atoms with Crippen molar-refractivity contribution in [3.8, 4) is 5.75 Å². The highest BCUT2D eigenvalue weighted by molar-refractivity contribution is 7.10. The van der Waals surface area contributed by atoms with Crippen molar-refractivity contribution in [2.75, 3.05) is 0 Å². The van der Waals surface area contributed by atoms with Crippen molar-refractivity contribution in [2.24, 2.45) is 0 Å². The molecule has 0 aliphatic rings. The van der Waals surface area contributed by atoms with E-state index in [4.69, 9.17) is 4.52 Å². The summed E-state index contributed by atoms with van der Waals surface area (Å²) < 4.78 is 4.83.